The molecule has 1 heterocycles. The van der Waals surface area contributed by atoms with Crippen LogP contribution in [-0.4, -0.2) is 31.0 Å². The summed E-state index contributed by atoms with van der Waals surface area (Å²) in [6.07, 6.45) is -6.32. The van der Waals surface area contributed by atoms with Gasteiger partial charge in [0, 0.05) is 28.7 Å². The van der Waals surface area contributed by atoms with Crippen LogP contribution in [-0.2, 0) is 0 Å². The Bertz CT molecular complexity index is 780. The molecule has 2 aromatic rings. The Hall–Kier alpha value is -1.86. The topological polar surface area (TPSA) is 24.1 Å². The molecule has 1 unspecified atom stereocenters. The van der Waals surface area contributed by atoms with Gasteiger partial charge >= 0.3 is 6.18 Å². The van der Waals surface area contributed by atoms with E-state index >= 15 is 0 Å². The van der Waals surface area contributed by atoms with Gasteiger partial charge in [-0.3, -0.25) is 0 Å². The molecule has 2 aromatic carbocycles. The Morgan fingerprint density at radius 3 is 2.38 bits per heavy atom. The molecule has 140 valence electrons. The molecule has 0 spiro atoms. The van der Waals surface area contributed by atoms with Crippen molar-refractivity contribution in [1.82, 2.24) is 5.32 Å². The van der Waals surface area contributed by atoms with Crippen LogP contribution in [0, 0.1) is 5.82 Å². The van der Waals surface area contributed by atoms with Crippen molar-refractivity contribution >= 4 is 17.3 Å². The molecule has 3 atom stereocenters. The van der Waals surface area contributed by atoms with Crippen LogP contribution in [0.5, 0.6) is 0 Å². The van der Waals surface area contributed by atoms with Gasteiger partial charge < -0.3 is 10.6 Å². The van der Waals surface area contributed by atoms with Gasteiger partial charge in [-0.05, 0) is 18.6 Å². The van der Waals surface area contributed by atoms with Crippen molar-refractivity contribution in [3.05, 3.63) is 53.3 Å². The summed E-state index contributed by atoms with van der Waals surface area (Å²) in [5.74, 6) is -0.843. The highest BCUT2D eigenvalue weighted by atomic mass is 35.5. The maximum absolute atomic E-state index is 14.9. The zero-order valence-electron chi connectivity index (χ0n) is 13.5. The molecule has 3 rings (SSSR count). The molecule has 0 amide bonds. The highest BCUT2D eigenvalue weighted by Gasteiger charge is 2.47. The third-order valence-corrected chi connectivity index (χ3v) is 4.67. The molecule has 2 N–H and O–H groups in total. The van der Waals surface area contributed by atoms with Crippen molar-refractivity contribution in [3.8, 4) is 11.1 Å². The minimum absolute atomic E-state index is 0.0873. The second-order valence-corrected chi connectivity index (χ2v) is 6.57. The van der Waals surface area contributed by atoms with Crippen molar-refractivity contribution in [2.45, 2.75) is 30.9 Å². The fourth-order valence-corrected chi connectivity index (χ4v) is 3.32. The number of anilines is 1. The molecule has 0 aromatic heterocycles. The fraction of sp³-hybridized carbons (Fsp3) is 0.333. The summed E-state index contributed by atoms with van der Waals surface area (Å²) in [6, 6.07) is 7.29. The lowest BCUT2D eigenvalue weighted by Gasteiger charge is -2.28. The number of rotatable bonds is 4. The summed E-state index contributed by atoms with van der Waals surface area (Å²) < 4.78 is 68.5. The van der Waals surface area contributed by atoms with Crippen LogP contribution in [0.4, 0.5) is 27.6 Å². The Balaban J connectivity index is 1.94. The van der Waals surface area contributed by atoms with Crippen molar-refractivity contribution in [2.75, 3.05) is 11.9 Å². The van der Waals surface area contributed by atoms with Gasteiger partial charge in [0.15, 0.2) is 5.82 Å². The maximum Gasteiger partial charge on any atom is 0.410 e. The standard InChI is InChI=1S/C18H16ClF5N2/c19-13-6-2-1-4-11(13)12-5-3-7-14(16(12)21)26-17(18(22,23)24)15-8-10(20)9-25-15/h1-7,10,15,17,25-26H,8-9H2/t10-,15+,17?/m1/s1. The molecule has 0 radical (unpaired) electrons. The van der Waals surface area contributed by atoms with Crippen LogP contribution in [0.3, 0.4) is 0 Å². The number of nitrogens with one attached hydrogen (secondary N) is 2. The number of hydrogen-bond donors (Lipinski definition) is 2. The van der Waals surface area contributed by atoms with Crippen LogP contribution in [0.25, 0.3) is 11.1 Å². The minimum Gasteiger partial charge on any atom is -0.370 e. The van der Waals surface area contributed by atoms with E-state index in [1.165, 1.54) is 18.2 Å². The van der Waals surface area contributed by atoms with E-state index in [1.54, 1.807) is 24.3 Å². The van der Waals surface area contributed by atoms with E-state index in [1.807, 2.05) is 0 Å². The molecular formula is C18H16ClF5N2. The smallest absolute Gasteiger partial charge is 0.370 e. The molecule has 8 heteroatoms. The van der Waals surface area contributed by atoms with Crippen LogP contribution in [0.2, 0.25) is 5.02 Å². The van der Waals surface area contributed by atoms with Crippen LogP contribution >= 0.6 is 11.6 Å². The lowest BCUT2D eigenvalue weighted by molar-refractivity contribution is -0.147. The third-order valence-electron chi connectivity index (χ3n) is 4.34. The average Bonchev–Trinajstić information content (AvgIpc) is 2.99. The van der Waals surface area contributed by atoms with E-state index in [0.29, 0.717) is 5.56 Å². The zero-order valence-corrected chi connectivity index (χ0v) is 14.2. The van der Waals surface area contributed by atoms with Crippen molar-refractivity contribution < 1.29 is 22.0 Å². The number of hydrogen-bond acceptors (Lipinski definition) is 2. The summed E-state index contributed by atoms with van der Waals surface area (Å²) >= 11 is 6.06. The van der Waals surface area contributed by atoms with Gasteiger partial charge in [0.1, 0.15) is 12.2 Å². The van der Waals surface area contributed by atoms with Crippen LogP contribution in [0.1, 0.15) is 6.42 Å². The number of halogens is 6. The molecule has 0 saturated carbocycles. The van der Waals surface area contributed by atoms with Crippen molar-refractivity contribution in [3.63, 3.8) is 0 Å². The second kappa shape index (κ2) is 7.40. The highest BCUT2D eigenvalue weighted by molar-refractivity contribution is 6.33. The highest BCUT2D eigenvalue weighted by Crippen LogP contribution is 2.35. The molecule has 26 heavy (non-hydrogen) atoms. The van der Waals surface area contributed by atoms with Crippen molar-refractivity contribution in [1.29, 1.82) is 0 Å². The van der Waals surface area contributed by atoms with Gasteiger partial charge in [0.25, 0.3) is 0 Å². The summed E-state index contributed by atoms with van der Waals surface area (Å²) in [6.45, 7) is -0.152. The first kappa shape index (κ1) is 18.9. The summed E-state index contributed by atoms with van der Waals surface area (Å²) in [5.41, 5.74) is 0.153. The SMILES string of the molecule is Fc1c(NC([C@@H]2C[C@@H](F)CN2)C(F)(F)F)cccc1-c1ccccc1Cl. The molecule has 0 aliphatic carbocycles. The summed E-state index contributed by atoms with van der Waals surface area (Å²) in [4.78, 5) is 0. The molecular weight excluding hydrogens is 375 g/mol. The predicted molar refractivity (Wildman–Crippen MR) is 91.6 cm³/mol. The molecule has 2 nitrogen and oxygen atoms in total. The first-order chi connectivity index (χ1) is 12.3. The fourth-order valence-electron chi connectivity index (χ4n) is 3.08. The number of alkyl halides is 4. The molecule has 1 fully saturated rings. The van der Waals surface area contributed by atoms with E-state index in [4.69, 9.17) is 11.6 Å². The summed E-state index contributed by atoms with van der Waals surface area (Å²) in [7, 11) is 0. The maximum atomic E-state index is 14.9. The largest absolute Gasteiger partial charge is 0.410 e. The second-order valence-electron chi connectivity index (χ2n) is 6.16. The van der Waals surface area contributed by atoms with Gasteiger partial charge in [-0.1, -0.05) is 41.9 Å². The van der Waals surface area contributed by atoms with E-state index in [0.717, 1.165) is 0 Å². The first-order valence-corrected chi connectivity index (χ1v) is 8.39. The normalized spacial score (nSPS) is 21.6. The lowest BCUT2D eigenvalue weighted by atomic mass is 10.0. The average molecular weight is 391 g/mol. The Labute approximate surface area is 152 Å². The van der Waals surface area contributed by atoms with Gasteiger partial charge in [-0.25, -0.2) is 8.78 Å². The minimum atomic E-state index is -4.67. The Morgan fingerprint density at radius 1 is 1.08 bits per heavy atom. The van der Waals surface area contributed by atoms with Gasteiger partial charge in [0.05, 0.1) is 5.69 Å². The third kappa shape index (κ3) is 3.94. The Morgan fingerprint density at radius 2 is 1.77 bits per heavy atom. The quantitative estimate of drug-likeness (QED) is 0.702. The van der Waals surface area contributed by atoms with Crippen molar-refractivity contribution in [2.24, 2.45) is 0 Å². The van der Waals surface area contributed by atoms with Gasteiger partial charge in [0.2, 0.25) is 0 Å². The lowest BCUT2D eigenvalue weighted by Crippen LogP contribution is -2.50. The van der Waals surface area contributed by atoms with Gasteiger partial charge in [-0.15, -0.1) is 0 Å². The van der Waals surface area contributed by atoms with Gasteiger partial charge in [-0.2, -0.15) is 13.2 Å². The Kier molecular flexibility index (Phi) is 5.39. The zero-order chi connectivity index (χ0) is 18.9. The molecule has 1 aliphatic heterocycles. The molecule has 1 saturated heterocycles. The van der Waals surface area contributed by atoms with Crippen LogP contribution < -0.4 is 10.6 Å². The van der Waals surface area contributed by atoms with E-state index in [-0.39, 0.29) is 29.2 Å². The summed E-state index contributed by atoms with van der Waals surface area (Å²) in [5, 5.41) is 5.00. The monoisotopic (exact) mass is 390 g/mol. The predicted octanol–water partition coefficient (Wildman–Crippen LogP) is 5.19. The molecule has 1 aliphatic rings. The van der Waals surface area contributed by atoms with E-state index < -0.39 is 30.2 Å². The number of benzene rings is 2. The van der Waals surface area contributed by atoms with Crippen LogP contribution in [0.15, 0.2) is 42.5 Å². The van der Waals surface area contributed by atoms with E-state index in [9.17, 15) is 22.0 Å². The molecule has 0 bridgehead atoms. The van der Waals surface area contributed by atoms with E-state index in [2.05, 4.69) is 10.6 Å². The first-order valence-electron chi connectivity index (χ1n) is 8.01.